The van der Waals surface area contributed by atoms with Crippen LogP contribution in [-0.2, 0) is 11.2 Å². The molecule has 1 aliphatic rings. The Morgan fingerprint density at radius 2 is 2.12 bits per heavy atom. The Labute approximate surface area is 145 Å². The summed E-state index contributed by atoms with van der Waals surface area (Å²) in [6, 6.07) is 10.3. The zero-order chi connectivity index (χ0) is 17.3. The van der Waals surface area contributed by atoms with Crippen molar-refractivity contribution in [2.45, 2.75) is 38.3 Å². The van der Waals surface area contributed by atoms with Crippen molar-refractivity contribution in [3.63, 3.8) is 0 Å². The lowest BCUT2D eigenvalue weighted by Crippen LogP contribution is -2.37. The molecule has 1 amide bonds. The minimum absolute atomic E-state index is 0.0373. The molecule has 24 heavy (non-hydrogen) atoms. The number of rotatable bonds is 3. The van der Waals surface area contributed by atoms with E-state index in [2.05, 4.69) is 29.0 Å². The standard InChI is InChI=1S/C18H18N4OS/c1-11-8-14-6-4-5-7-16(14)22(11)17(23)10-24-18-15(9-19)12(2)20-13(3)21-18/h4-7,11H,8,10H2,1-3H3. The fourth-order valence-corrected chi connectivity index (χ4v) is 3.99. The summed E-state index contributed by atoms with van der Waals surface area (Å²) >= 11 is 1.31. The Morgan fingerprint density at radius 3 is 2.88 bits per heavy atom. The Bertz CT molecular complexity index is 843. The number of anilines is 1. The van der Waals surface area contributed by atoms with E-state index in [0.717, 1.165) is 12.1 Å². The lowest BCUT2D eigenvalue weighted by atomic mass is 10.1. The van der Waals surface area contributed by atoms with Gasteiger partial charge in [-0.1, -0.05) is 30.0 Å². The minimum atomic E-state index is 0.0373. The van der Waals surface area contributed by atoms with Crippen LogP contribution in [0.3, 0.4) is 0 Å². The maximum atomic E-state index is 12.7. The molecule has 1 aliphatic heterocycles. The highest BCUT2D eigenvalue weighted by molar-refractivity contribution is 8.00. The lowest BCUT2D eigenvalue weighted by molar-refractivity contribution is -0.116. The zero-order valence-electron chi connectivity index (χ0n) is 13.9. The molecule has 1 atom stereocenters. The van der Waals surface area contributed by atoms with E-state index in [0.29, 0.717) is 22.1 Å². The number of carbonyl (C=O) groups excluding carboxylic acids is 1. The summed E-state index contributed by atoms with van der Waals surface area (Å²) in [5.41, 5.74) is 3.30. The third-order valence-electron chi connectivity index (χ3n) is 4.09. The summed E-state index contributed by atoms with van der Waals surface area (Å²) in [4.78, 5) is 23.1. The number of fused-ring (bicyclic) bond motifs is 1. The molecule has 6 heteroatoms. The summed E-state index contributed by atoms with van der Waals surface area (Å²) in [7, 11) is 0. The van der Waals surface area contributed by atoms with Gasteiger partial charge in [-0.25, -0.2) is 9.97 Å². The fourth-order valence-electron chi connectivity index (χ4n) is 3.06. The molecule has 0 spiro atoms. The Morgan fingerprint density at radius 1 is 1.38 bits per heavy atom. The molecule has 2 heterocycles. The number of aryl methyl sites for hydroxylation is 2. The van der Waals surface area contributed by atoms with E-state index in [1.807, 2.05) is 23.1 Å². The monoisotopic (exact) mass is 338 g/mol. The van der Waals surface area contributed by atoms with Gasteiger partial charge in [0.15, 0.2) is 0 Å². The van der Waals surface area contributed by atoms with E-state index in [-0.39, 0.29) is 17.7 Å². The van der Waals surface area contributed by atoms with Crippen LogP contribution in [0.15, 0.2) is 29.3 Å². The third kappa shape index (κ3) is 3.00. The molecule has 2 aromatic rings. The number of para-hydroxylation sites is 1. The van der Waals surface area contributed by atoms with Crippen LogP contribution in [0.25, 0.3) is 0 Å². The van der Waals surface area contributed by atoms with E-state index < -0.39 is 0 Å². The molecule has 0 fully saturated rings. The number of thioether (sulfide) groups is 1. The van der Waals surface area contributed by atoms with Gasteiger partial charge in [-0.15, -0.1) is 0 Å². The van der Waals surface area contributed by atoms with E-state index in [1.54, 1.807) is 13.8 Å². The molecule has 1 unspecified atom stereocenters. The van der Waals surface area contributed by atoms with Crippen molar-refractivity contribution in [3.05, 3.63) is 46.9 Å². The first-order valence-corrected chi connectivity index (χ1v) is 8.78. The lowest BCUT2D eigenvalue weighted by Gasteiger charge is -2.22. The van der Waals surface area contributed by atoms with E-state index >= 15 is 0 Å². The predicted octanol–water partition coefficient (Wildman–Crippen LogP) is 3.04. The zero-order valence-corrected chi connectivity index (χ0v) is 14.7. The van der Waals surface area contributed by atoms with Crippen LogP contribution >= 0.6 is 11.8 Å². The number of nitrogens with zero attached hydrogens (tertiary/aromatic N) is 4. The van der Waals surface area contributed by atoms with Gasteiger partial charge in [-0.2, -0.15) is 5.26 Å². The molecule has 3 rings (SSSR count). The largest absolute Gasteiger partial charge is 0.308 e. The molecule has 0 saturated heterocycles. The Balaban J connectivity index is 1.79. The summed E-state index contributed by atoms with van der Waals surface area (Å²) in [6.45, 7) is 5.64. The molecule has 5 nitrogen and oxygen atoms in total. The van der Waals surface area contributed by atoms with Gasteiger partial charge in [0.1, 0.15) is 22.5 Å². The van der Waals surface area contributed by atoms with Crippen molar-refractivity contribution >= 4 is 23.4 Å². The smallest absolute Gasteiger partial charge is 0.237 e. The number of carbonyl (C=O) groups is 1. The second-order valence-corrected chi connectivity index (χ2v) is 6.85. The van der Waals surface area contributed by atoms with Crippen LogP contribution < -0.4 is 4.90 Å². The molecule has 0 saturated carbocycles. The van der Waals surface area contributed by atoms with Crippen LogP contribution in [-0.4, -0.2) is 27.7 Å². The van der Waals surface area contributed by atoms with Crippen molar-refractivity contribution in [2.75, 3.05) is 10.7 Å². The first-order chi connectivity index (χ1) is 11.5. The SMILES string of the molecule is Cc1nc(C)c(C#N)c(SCC(=O)N2c3ccccc3CC2C)n1. The highest BCUT2D eigenvalue weighted by atomic mass is 32.2. The van der Waals surface area contributed by atoms with E-state index in [4.69, 9.17) is 0 Å². The average Bonchev–Trinajstić information content (AvgIpc) is 2.88. The van der Waals surface area contributed by atoms with Gasteiger partial charge in [-0.3, -0.25) is 4.79 Å². The molecule has 0 bridgehead atoms. The number of benzene rings is 1. The van der Waals surface area contributed by atoms with Crippen molar-refractivity contribution < 1.29 is 4.79 Å². The van der Waals surface area contributed by atoms with Crippen molar-refractivity contribution in [1.29, 1.82) is 5.26 Å². The van der Waals surface area contributed by atoms with Gasteiger partial charge in [0.25, 0.3) is 0 Å². The minimum Gasteiger partial charge on any atom is -0.308 e. The van der Waals surface area contributed by atoms with Crippen LogP contribution in [0.5, 0.6) is 0 Å². The van der Waals surface area contributed by atoms with Crippen LogP contribution in [0.2, 0.25) is 0 Å². The second-order valence-electron chi connectivity index (χ2n) is 5.88. The molecular formula is C18H18N4OS. The average molecular weight is 338 g/mol. The first-order valence-electron chi connectivity index (χ1n) is 7.79. The molecule has 0 N–H and O–H groups in total. The number of hydrogen-bond donors (Lipinski definition) is 0. The highest BCUT2D eigenvalue weighted by Gasteiger charge is 2.30. The molecular weight excluding hydrogens is 320 g/mol. The van der Waals surface area contributed by atoms with Crippen molar-refractivity contribution in [3.8, 4) is 6.07 Å². The number of nitriles is 1. The molecule has 0 aliphatic carbocycles. The molecule has 0 radical (unpaired) electrons. The number of amides is 1. The summed E-state index contributed by atoms with van der Waals surface area (Å²) in [6.07, 6.45) is 0.877. The van der Waals surface area contributed by atoms with Gasteiger partial charge < -0.3 is 4.90 Å². The molecule has 122 valence electrons. The third-order valence-corrected chi connectivity index (χ3v) is 5.05. The predicted molar refractivity (Wildman–Crippen MR) is 94.0 cm³/mol. The number of aromatic nitrogens is 2. The highest BCUT2D eigenvalue weighted by Crippen LogP contribution is 2.33. The maximum Gasteiger partial charge on any atom is 0.237 e. The van der Waals surface area contributed by atoms with Crippen molar-refractivity contribution in [1.82, 2.24) is 9.97 Å². The first kappa shape index (κ1) is 16.5. The van der Waals surface area contributed by atoms with Gasteiger partial charge in [0.05, 0.1) is 11.4 Å². The van der Waals surface area contributed by atoms with Gasteiger partial charge in [0.2, 0.25) is 5.91 Å². The summed E-state index contributed by atoms with van der Waals surface area (Å²) < 4.78 is 0. The topological polar surface area (TPSA) is 69.9 Å². The van der Waals surface area contributed by atoms with Gasteiger partial charge in [-0.05, 0) is 38.8 Å². The van der Waals surface area contributed by atoms with Gasteiger partial charge in [0, 0.05) is 11.7 Å². The van der Waals surface area contributed by atoms with Crippen LogP contribution in [0.4, 0.5) is 5.69 Å². The Kier molecular flexibility index (Phi) is 4.54. The normalized spacial score (nSPS) is 15.9. The molecule has 1 aromatic carbocycles. The Hall–Kier alpha value is -2.39. The van der Waals surface area contributed by atoms with Crippen molar-refractivity contribution in [2.24, 2.45) is 0 Å². The summed E-state index contributed by atoms with van der Waals surface area (Å²) in [5, 5.41) is 9.88. The van der Waals surface area contributed by atoms with Gasteiger partial charge >= 0.3 is 0 Å². The maximum absolute atomic E-state index is 12.7. The summed E-state index contributed by atoms with van der Waals surface area (Å²) in [5.74, 6) is 0.903. The number of hydrogen-bond acceptors (Lipinski definition) is 5. The van der Waals surface area contributed by atoms with E-state index in [9.17, 15) is 10.1 Å². The van der Waals surface area contributed by atoms with Crippen LogP contribution in [0.1, 0.15) is 29.6 Å². The molecule has 1 aromatic heterocycles. The van der Waals surface area contributed by atoms with Crippen LogP contribution in [0, 0.1) is 25.2 Å². The van der Waals surface area contributed by atoms with E-state index in [1.165, 1.54) is 17.3 Å². The quantitative estimate of drug-likeness (QED) is 0.635. The second kappa shape index (κ2) is 6.62. The fraction of sp³-hybridized carbons (Fsp3) is 0.333.